The van der Waals surface area contributed by atoms with Crippen LogP contribution >= 0.6 is 0 Å². The van der Waals surface area contributed by atoms with Gasteiger partial charge in [0.15, 0.2) is 0 Å². The molecule has 1 saturated heterocycles. The fourth-order valence-electron chi connectivity index (χ4n) is 3.85. The summed E-state index contributed by atoms with van der Waals surface area (Å²) in [5.74, 6) is 0.931. The van der Waals surface area contributed by atoms with E-state index in [-0.39, 0.29) is 11.9 Å². The zero-order chi connectivity index (χ0) is 16.5. The number of carbonyl (C=O) groups is 1. The molecule has 0 radical (unpaired) electrons. The minimum Gasteiger partial charge on any atom is -0.353 e. The number of fused-ring (bicyclic) bond motifs is 1. The fraction of sp³-hybridized carbons (Fsp3) is 0.500. The van der Waals surface area contributed by atoms with Crippen molar-refractivity contribution in [3.63, 3.8) is 0 Å². The summed E-state index contributed by atoms with van der Waals surface area (Å²) < 4.78 is 1.88. The van der Waals surface area contributed by atoms with Crippen molar-refractivity contribution in [1.82, 2.24) is 25.0 Å². The van der Waals surface area contributed by atoms with E-state index in [9.17, 15) is 4.79 Å². The molecule has 1 aliphatic carbocycles. The van der Waals surface area contributed by atoms with E-state index in [0.717, 1.165) is 37.6 Å². The van der Waals surface area contributed by atoms with Crippen LogP contribution in [-0.4, -0.2) is 51.2 Å². The lowest BCUT2D eigenvalue weighted by atomic mass is 10.1. The van der Waals surface area contributed by atoms with Gasteiger partial charge in [0.05, 0.1) is 11.7 Å². The second kappa shape index (κ2) is 6.36. The van der Waals surface area contributed by atoms with Crippen LogP contribution in [0.2, 0.25) is 0 Å². The van der Waals surface area contributed by atoms with Gasteiger partial charge in [0, 0.05) is 19.5 Å². The summed E-state index contributed by atoms with van der Waals surface area (Å²) in [7, 11) is 0. The van der Waals surface area contributed by atoms with Crippen LogP contribution in [0.15, 0.2) is 24.5 Å². The average Bonchev–Trinajstić information content (AvgIpc) is 3.24. The van der Waals surface area contributed by atoms with Crippen LogP contribution in [0.3, 0.4) is 0 Å². The zero-order valence-corrected chi connectivity index (χ0v) is 14.0. The minimum atomic E-state index is -0.166. The number of hydrogen-bond acceptors (Lipinski definition) is 4. The molecule has 4 rings (SSSR count). The Morgan fingerprint density at radius 2 is 2.17 bits per heavy atom. The molecule has 0 spiro atoms. The summed E-state index contributed by atoms with van der Waals surface area (Å²) in [5, 5.41) is 7.37. The molecule has 1 aliphatic heterocycles. The number of piperazine rings is 1. The number of hydrogen-bond donors (Lipinski definition) is 1. The quantitative estimate of drug-likeness (QED) is 0.915. The number of rotatable bonds is 4. The van der Waals surface area contributed by atoms with E-state index >= 15 is 0 Å². The zero-order valence-electron chi connectivity index (χ0n) is 14.0. The summed E-state index contributed by atoms with van der Waals surface area (Å²) >= 11 is 0. The third-order valence-corrected chi connectivity index (χ3v) is 5.17. The topological polar surface area (TPSA) is 63.1 Å². The van der Waals surface area contributed by atoms with Crippen molar-refractivity contribution in [2.24, 2.45) is 0 Å². The fourth-order valence-corrected chi connectivity index (χ4v) is 3.85. The van der Waals surface area contributed by atoms with Gasteiger partial charge >= 0.3 is 0 Å². The Labute approximate surface area is 141 Å². The Kier molecular flexibility index (Phi) is 4.06. The molecule has 0 unspecified atom stereocenters. The molecule has 0 bridgehead atoms. The van der Waals surface area contributed by atoms with Crippen LogP contribution < -0.4 is 5.32 Å². The molecular weight excluding hydrogens is 302 g/mol. The van der Waals surface area contributed by atoms with E-state index in [4.69, 9.17) is 0 Å². The van der Waals surface area contributed by atoms with Gasteiger partial charge in [-0.15, -0.1) is 0 Å². The summed E-state index contributed by atoms with van der Waals surface area (Å²) in [6.45, 7) is 4.57. The molecule has 2 heterocycles. The van der Waals surface area contributed by atoms with Crippen molar-refractivity contribution in [2.75, 3.05) is 19.6 Å². The first-order valence-electron chi connectivity index (χ1n) is 8.79. The predicted molar refractivity (Wildman–Crippen MR) is 91.1 cm³/mol. The summed E-state index contributed by atoms with van der Waals surface area (Å²) in [6, 6.07) is 6.37. The lowest BCUT2D eigenvalue weighted by Crippen LogP contribution is -2.56. The van der Waals surface area contributed by atoms with Gasteiger partial charge in [0.25, 0.3) is 0 Å². The summed E-state index contributed by atoms with van der Waals surface area (Å²) in [4.78, 5) is 18.9. The van der Waals surface area contributed by atoms with Gasteiger partial charge in [-0.25, -0.2) is 9.67 Å². The molecule has 126 valence electrons. The molecule has 2 aromatic rings. The van der Waals surface area contributed by atoms with E-state index in [1.807, 2.05) is 4.68 Å². The highest BCUT2D eigenvalue weighted by molar-refractivity contribution is 5.82. The van der Waals surface area contributed by atoms with Crippen molar-refractivity contribution in [3.05, 3.63) is 41.5 Å². The maximum absolute atomic E-state index is 12.3. The molecule has 1 N–H and O–H groups in total. The molecule has 1 aromatic heterocycles. The van der Waals surface area contributed by atoms with Crippen LogP contribution in [0.1, 0.15) is 30.3 Å². The van der Waals surface area contributed by atoms with E-state index in [2.05, 4.69) is 45.4 Å². The van der Waals surface area contributed by atoms with Crippen LogP contribution in [0, 0.1) is 0 Å². The van der Waals surface area contributed by atoms with Gasteiger partial charge in [-0.1, -0.05) is 13.0 Å². The highest BCUT2D eigenvalue weighted by Gasteiger charge is 2.30. The maximum Gasteiger partial charge on any atom is 0.237 e. The Hall–Kier alpha value is -2.21. The molecule has 6 heteroatoms. The number of aromatic nitrogens is 3. The van der Waals surface area contributed by atoms with Gasteiger partial charge in [0.2, 0.25) is 5.91 Å². The number of carbonyl (C=O) groups excluding carboxylic acids is 1. The smallest absolute Gasteiger partial charge is 0.237 e. The highest BCUT2D eigenvalue weighted by atomic mass is 16.2. The standard InChI is InChI=1S/C18H23N5O/c1-2-22-9-8-19-18(24)16(22)11-17-20-12-21-23(17)15-7-6-13-4-3-5-14(13)10-15/h6-7,10,12,16H,2-5,8-9,11H2,1H3,(H,19,24)/t16-/m0/s1. The normalized spacial score (nSPS) is 20.9. The third-order valence-electron chi connectivity index (χ3n) is 5.17. The lowest BCUT2D eigenvalue weighted by molar-refractivity contribution is -0.128. The van der Waals surface area contributed by atoms with Crippen molar-refractivity contribution in [3.8, 4) is 5.69 Å². The molecule has 1 atom stereocenters. The lowest BCUT2D eigenvalue weighted by Gasteiger charge is -2.33. The molecule has 1 fully saturated rings. The summed E-state index contributed by atoms with van der Waals surface area (Å²) in [5.41, 5.74) is 3.91. The summed E-state index contributed by atoms with van der Waals surface area (Å²) in [6.07, 6.45) is 5.71. The van der Waals surface area contributed by atoms with Gasteiger partial charge in [-0.2, -0.15) is 5.10 Å². The first kappa shape index (κ1) is 15.3. The van der Waals surface area contributed by atoms with Gasteiger partial charge in [-0.05, 0) is 49.1 Å². The molecule has 0 saturated carbocycles. The third kappa shape index (κ3) is 2.71. The van der Waals surface area contributed by atoms with Crippen LogP contribution in [0.5, 0.6) is 0 Å². The SMILES string of the molecule is CCN1CCNC(=O)[C@@H]1Cc1ncnn1-c1ccc2c(c1)CCC2. The number of nitrogens with one attached hydrogen (secondary N) is 1. The Bertz CT molecular complexity index is 754. The number of amides is 1. The molecule has 6 nitrogen and oxygen atoms in total. The molecule has 2 aliphatic rings. The Morgan fingerprint density at radius 3 is 3.04 bits per heavy atom. The Balaban J connectivity index is 1.61. The molecule has 24 heavy (non-hydrogen) atoms. The van der Waals surface area contributed by atoms with Crippen molar-refractivity contribution in [2.45, 2.75) is 38.6 Å². The van der Waals surface area contributed by atoms with E-state index in [0.29, 0.717) is 6.42 Å². The first-order valence-corrected chi connectivity index (χ1v) is 8.79. The molecular formula is C18H23N5O. The van der Waals surface area contributed by atoms with E-state index in [1.165, 1.54) is 24.0 Å². The van der Waals surface area contributed by atoms with Crippen LogP contribution in [-0.2, 0) is 24.1 Å². The monoisotopic (exact) mass is 325 g/mol. The van der Waals surface area contributed by atoms with Gasteiger partial charge in [0.1, 0.15) is 12.2 Å². The second-order valence-electron chi connectivity index (χ2n) is 6.53. The number of likely N-dealkylation sites (N-methyl/N-ethyl adjacent to an activating group) is 1. The largest absolute Gasteiger partial charge is 0.353 e. The van der Waals surface area contributed by atoms with Crippen molar-refractivity contribution >= 4 is 5.91 Å². The number of benzene rings is 1. The second-order valence-corrected chi connectivity index (χ2v) is 6.53. The van der Waals surface area contributed by atoms with Gasteiger partial charge < -0.3 is 5.32 Å². The molecule has 1 amide bonds. The van der Waals surface area contributed by atoms with Crippen LogP contribution in [0.25, 0.3) is 5.69 Å². The van der Waals surface area contributed by atoms with E-state index < -0.39 is 0 Å². The van der Waals surface area contributed by atoms with E-state index in [1.54, 1.807) is 6.33 Å². The van der Waals surface area contributed by atoms with Crippen molar-refractivity contribution < 1.29 is 4.79 Å². The maximum atomic E-state index is 12.3. The first-order chi connectivity index (χ1) is 11.8. The highest BCUT2D eigenvalue weighted by Crippen LogP contribution is 2.24. The van der Waals surface area contributed by atoms with Gasteiger partial charge in [-0.3, -0.25) is 9.69 Å². The predicted octanol–water partition coefficient (Wildman–Crippen LogP) is 1.12. The van der Waals surface area contributed by atoms with Crippen LogP contribution in [0.4, 0.5) is 0 Å². The Morgan fingerprint density at radius 1 is 1.29 bits per heavy atom. The average molecular weight is 325 g/mol. The number of aryl methyl sites for hydroxylation is 2. The number of nitrogens with zero attached hydrogens (tertiary/aromatic N) is 4. The minimum absolute atomic E-state index is 0.0894. The molecule has 1 aromatic carbocycles. The van der Waals surface area contributed by atoms with Crippen molar-refractivity contribution in [1.29, 1.82) is 0 Å².